The summed E-state index contributed by atoms with van der Waals surface area (Å²) in [6, 6.07) is 0. The summed E-state index contributed by atoms with van der Waals surface area (Å²) in [4.78, 5) is 35.4. The topological polar surface area (TPSA) is 69.7 Å². The molecule has 0 aromatic carbocycles. The molecule has 0 aromatic heterocycles. The van der Waals surface area contributed by atoms with Crippen molar-refractivity contribution in [2.75, 3.05) is 6.61 Å². The monoisotopic (exact) mass is 398 g/mol. The van der Waals surface area contributed by atoms with E-state index in [2.05, 4.69) is 5.92 Å². The third-order valence-corrected chi connectivity index (χ3v) is 3.75. The molecule has 5 nitrogen and oxygen atoms in total. The van der Waals surface area contributed by atoms with Crippen molar-refractivity contribution in [3.8, 4) is 12.3 Å². The molecule has 0 saturated heterocycles. The molecule has 0 heterocycles. The van der Waals surface area contributed by atoms with Crippen LogP contribution in [0, 0.1) is 29.6 Å². The van der Waals surface area contributed by atoms with E-state index in [-0.39, 0.29) is 18.1 Å². The standard InChI is InChI=1S/C16H21Cl3O5/c1-6-7-10(2)12(11(3)13(21)15(4,5)8-20)24-14(22)23-9-16(17,18)19/h1,8,10-12H,7,9H2,2-5H3. The fourth-order valence-electron chi connectivity index (χ4n) is 2.09. The Kier molecular flexibility index (Phi) is 9.12. The molecule has 24 heavy (non-hydrogen) atoms. The summed E-state index contributed by atoms with van der Waals surface area (Å²) in [5, 5.41) is 0. The molecular formula is C16H21Cl3O5. The van der Waals surface area contributed by atoms with Crippen molar-refractivity contribution in [3.05, 3.63) is 0 Å². The zero-order chi connectivity index (χ0) is 19.1. The number of halogens is 3. The highest BCUT2D eigenvalue weighted by molar-refractivity contribution is 6.67. The lowest BCUT2D eigenvalue weighted by molar-refractivity contribution is -0.139. The fourth-order valence-corrected chi connectivity index (χ4v) is 2.26. The molecule has 0 aromatic rings. The normalized spacial score (nSPS) is 15.6. The minimum absolute atomic E-state index is 0.265. The van der Waals surface area contributed by atoms with Crippen LogP contribution in [0.4, 0.5) is 4.79 Å². The number of hydrogen-bond donors (Lipinski definition) is 0. The Labute approximate surface area is 157 Å². The van der Waals surface area contributed by atoms with Gasteiger partial charge in [0, 0.05) is 12.3 Å². The Hall–Kier alpha value is -0.960. The molecule has 3 atom stereocenters. The first kappa shape index (κ1) is 23.0. The highest BCUT2D eigenvalue weighted by Gasteiger charge is 2.39. The molecule has 0 amide bonds. The van der Waals surface area contributed by atoms with E-state index in [0.29, 0.717) is 6.29 Å². The van der Waals surface area contributed by atoms with Crippen molar-refractivity contribution < 1.29 is 23.9 Å². The molecule has 0 aliphatic rings. The number of carbonyl (C=O) groups excluding carboxylic acids is 3. The lowest BCUT2D eigenvalue weighted by Crippen LogP contribution is -2.42. The maximum absolute atomic E-state index is 12.5. The van der Waals surface area contributed by atoms with E-state index in [4.69, 9.17) is 50.7 Å². The van der Waals surface area contributed by atoms with Crippen molar-refractivity contribution in [2.45, 2.75) is 44.0 Å². The highest BCUT2D eigenvalue weighted by atomic mass is 35.6. The number of rotatable bonds is 8. The van der Waals surface area contributed by atoms with Crippen LogP contribution in [0.2, 0.25) is 0 Å². The Morgan fingerprint density at radius 3 is 2.21 bits per heavy atom. The summed E-state index contributed by atoms with van der Waals surface area (Å²) in [6.07, 6.45) is 4.14. The maximum atomic E-state index is 12.5. The van der Waals surface area contributed by atoms with Gasteiger partial charge < -0.3 is 14.3 Å². The van der Waals surface area contributed by atoms with Crippen LogP contribution in [-0.2, 0) is 19.1 Å². The first-order valence-corrected chi connectivity index (χ1v) is 8.33. The molecule has 0 aliphatic carbocycles. The van der Waals surface area contributed by atoms with Gasteiger partial charge in [-0.25, -0.2) is 4.79 Å². The number of aldehydes is 1. The maximum Gasteiger partial charge on any atom is 0.508 e. The Morgan fingerprint density at radius 2 is 1.79 bits per heavy atom. The van der Waals surface area contributed by atoms with E-state index < -0.39 is 34.0 Å². The van der Waals surface area contributed by atoms with Crippen LogP contribution in [0.5, 0.6) is 0 Å². The second-order valence-corrected chi connectivity index (χ2v) is 8.63. The molecule has 0 rings (SSSR count). The van der Waals surface area contributed by atoms with Gasteiger partial charge in [-0.3, -0.25) is 4.79 Å². The van der Waals surface area contributed by atoms with Crippen LogP contribution in [0.1, 0.15) is 34.1 Å². The van der Waals surface area contributed by atoms with E-state index in [9.17, 15) is 14.4 Å². The first-order chi connectivity index (χ1) is 10.9. The van der Waals surface area contributed by atoms with E-state index in [1.165, 1.54) is 13.8 Å². The van der Waals surface area contributed by atoms with Crippen molar-refractivity contribution in [2.24, 2.45) is 17.3 Å². The van der Waals surface area contributed by atoms with Crippen LogP contribution < -0.4 is 0 Å². The van der Waals surface area contributed by atoms with Crippen LogP contribution in [-0.4, -0.2) is 34.7 Å². The molecule has 3 unspecified atom stereocenters. The summed E-state index contributed by atoms with van der Waals surface area (Å²) in [5.74, 6) is 0.967. The summed E-state index contributed by atoms with van der Waals surface area (Å²) in [7, 11) is 0. The molecule has 0 spiro atoms. The predicted octanol–water partition coefficient (Wildman–Crippen LogP) is 3.97. The Balaban J connectivity index is 5.19. The van der Waals surface area contributed by atoms with Crippen molar-refractivity contribution in [3.63, 3.8) is 0 Å². The average molecular weight is 400 g/mol. The van der Waals surface area contributed by atoms with Crippen LogP contribution in [0.3, 0.4) is 0 Å². The molecule has 8 heteroatoms. The minimum Gasteiger partial charge on any atom is -0.430 e. The summed E-state index contributed by atoms with van der Waals surface area (Å²) < 4.78 is 8.15. The van der Waals surface area contributed by atoms with Gasteiger partial charge in [-0.05, 0) is 13.8 Å². The first-order valence-electron chi connectivity index (χ1n) is 7.20. The third kappa shape index (κ3) is 7.74. The molecule has 0 saturated carbocycles. The van der Waals surface area contributed by atoms with Gasteiger partial charge in [0.15, 0.2) is 5.78 Å². The van der Waals surface area contributed by atoms with E-state index in [1.807, 2.05) is 0 Å². The zero-order valence-electron chi connectivity index (χ0n) is 14.0. The third-order valence-electron chi connectivity index (χ3n) is 3.42. The molecule has 0 aliphatic heterocycles. The number of Topliss-reactive ketones (excluding diaryl/α,β-unsaturated/α-hetero) is 1. The van der Waals surface area contributed by atoms with Gasteiger partial charge in [-0.2, -0.15) is 0 Å². The van der Waals surface area contributed by atoms with Crippen molar-refractivity contribution in [1.29, 1.82) is 0 Å². The molecule has 136 valence electrons. The molecule has 0 radical (unpaired) electrons. The van der Waals surface area contributed by atoms with Gasteiger partial charge >= 0.3 is 6.16 Å². The number of terminal acetylenes is 1. The minimum atomic E-state index is -1.78. The van der Waals surface area contributed by atoms with Gasteiger partial charge in [0.05, 0.1) is 11.3 Å². The van der Waals surface area contributed by atoms with Crippen LogP contribution >= 0.6 is 34.8 Å². The highest BCUT2D eigenvalue weighted by Crippen LogP contribution is 2.29. The molecular weight excluding hydrogens is 379 g/mol. The van der Waals surface area contributed by atoms with Gasteiger partial charge in [-0.1, -0.05) is 48.7 Å². The smallest absolute Gasteiger partial charge is 0.430 e. The molecule has 0 N–H and O–H groups in total. The van der Waals surface area contributed by atoms with Gasteiger partial charge in [0.25, 0.3) is 0 Å². The van der Waals surface area contributed by atoms with Crippen LogP contribution in [0.25, 0.3) is 0 Å². The number of ketones is 1. The summed E-state index contributed by atoms with van der Waals surface area (Å²) >= 11 is 16.5. The SMILES string of the molecule is C#CCC(C)C(OC(=O)OCC(Cl)(Cl)Cl)C(C)C(=O)C(C)(C)C=O. The second-order valence-electron chi connectivity index (χ2n) is 6.11. The second kappa shape index (κ2) is 9.50. The van der Waals surface area contributed by atoms with E-state index >= 15 is 0 Å². The predicted molar refractivity (Wildman–Crippen MR) is 93.1 cm³/mol. The largest absolute Gasteiger partial charge is 0.508 e. The molecule has 0 bridgehead atoms. The Morgan fingerprint density at radius 1 is 1.25 bits per heavy atom. The van der Waals surface area contributed by atoms with Crippen molar-refractivity contribution in [1.82, 2.24) is 0 Å². The fraction of sp³-hybridized carbons (Fsp3) is 0.688. The van der Waals surface area contributed by atoms with Crippen LogP contribution in [0.15, 0.2) is 0 Å². The molecule has 0 fully saturated rings. The van der Waals surface area contributed by atoms with Crippen molar-refractivity contribution >= 4 is 53.0 Å². The van der Waals surface area contributed by atoms with E-state index in [0.717, 1.165) is 0 Å². The summed E-state index contributed by atoms with van der Waals surface area (Å²) in [5.41, 5.74) is -1.21. The number of ether oxygens (including phenoxy) is 2. The quantitative estimate of drug-likeness (QED) is 0.203. The van der Waals surface area contributed by atoms with Gasteiger partial charge in [0.1, 0.15) is 19.0 Å². The lowest BCUT2D eigenvalue weighted by atomic mass is 9.78. The number of alkyl halides is 3. The van der Waals surface area contributed by atoms with E-state index in [1.54, 1.807) is 13.8 Å². The lowest BCUT2D eigenvalue weighted by Gasteiger charge is -2.30. The number of hydrogen-bond acceptors (Lipinski definition) is 5. The summed E-state index contributed by atoms with van der Waals surface area (Å²) in [6.45, 7) is 5.76. The zero-order valence-corrected chi connectivity index (χ0v) is 16.2. The Bertz CT molecular complexity index is 505. The number of carbonyl (C=O) groups is 3. The average Bonchev–Trinajstić information content (AvgIpc) is 2.48. The van der Waals surface area contributed by atoms with Gasteiger partial charge in [-0.15, -0.1) is 12.3 Å². The van der Waals surface area contributed by atoms with Gasteiger partial charge in [0.2, 0.25) is 3.79 Å².